The lowest BCUT2D eigenvalue weighted by atomic mass is 10.0. The average molecular weight is 447 g/mol. The molecule has 0 saturated carbocycles. The molecular formula is C22H26N2O6S. The van der Waals surface area contributed by atoms with Crippen LogP contribution < -0.4 is 14.8 Å². The normalized spacial score (nSPS) is 18.9. The van der Waals surface area contributed by atoms with Crippen LogP contribution in [0.3, 0.4) is 0 Å². The van der Waals surface area contributed by atoms with Crippen molar-refractivity contribution in [3.63, 3.8) is 0 Å². The Bertz CT molecular complexity index is 1090. The number of unbranched alkanes of at least 4 members (excludes halogenated alkanes) is 1. The van der Waals surface area contributed by atoms with Gasteiger partial charge in [0.05, 0.1) is 12.7 Å². The second kappa shape index (κ2) is 8.76. The number of nitrogens with one attached hydrogen (secondary N) is 1. The number of aryl methyl sites for hydroxylation is 1. The molecule has 0 bridgehead atoms. The van der Waals surface area contributed by atoms with E-state index in [1.165, 1.54) is 13.2 Å². The van der Waals surface area contributed by atoms with E-state index in [-0.39, 0.29) is 28.9 Å². The highest BCUT2D eigenvalue weighted by Crippen LogP contribution is 2.37. The van der Waals surface area contributed by atoms with Gasteiger partial charge in [0, 0.05) is 19.2 Å². The Morgan fingerprint density at radius 3 is 2.84 bits per heavy atom. The van der Waals surface area contributed by atoms with Crippen LogP contribution in [0, 0.1) is 0 Å². The standard InChI is InChI=1S/C22H26N2O6S/c1-29-20-12-15-8-9-16(30-19(15)13-18(20)25)14-23-10-4-5-11-24-22(26)17-6-2-3-7-21(17)31(24,27)28/h2-3,6-7,12-13,16,23,25H,4-5,8-11,14H2,1H3. The number of sulfonamides is 1. The molecule has 0 spiro atoms. The van der Waals surface area contributed by atoms with Crippen LogP contribution in [0.1, 0.15) is 35.2 Å². The van der Waals surface area contributed by atoms with E-state index in [1.807, 2.05) is 0 Å². The molecule has 1 amide bonds. The Morgan fingerprint density at radius 2 is 2.06 bits per heavy atom. The molecule has 2 heterocycles. The molecule has 1 atom stereocenters. The van der Waals surface area contributed by atoms with Gasteiger partial charge in [-0.2, -0.15) is 0 Å². The molecule has 2 aromatic carbocycles. The number of hydrogen-bond donors (Lipinski definition) is 2. The lowest BCUT2D eigenvalue weighted by molar-refractivity contribution is 0.0869. The minimum atomic E-state index is -3.73. The first-order valence-corrected chi connectivity index (χ1v) is 11.8. The molecular weight excluding hydrogens is 420 g/mol. The molecule has 9 heteroatoms. The number of fused-ring (bicyclic) bond motifs is 2. The van der Waals surface area contributed by atoms with E-state index in [4.69, 9.17) is 9.47 Å². The molecule has 0 aliphatic carbocycles. The molecule has 0 radical (unpaired) electrons. The van der Waals surface area contributed by atoms with Crippen molar-refractivity contribution in [3.8, 4) is 17.2 Å². The summed E-state index contributed by atoms with van der Waals surface area (Å²) >= 11 is 0. The van der Waals surface area contributed by atoms with Crippen molar-refractivity contribution < 1.29 is 27.8 Å². The van der Waals surface area contributed by atoms with E-state index >= 15 is 0 Å². The Morgan fingerprint density at radius 1 is 1.26 bits per heavy atom. The number of hydrogen-bond acceptors (Lipinski definition) is 7. The van der Waals surface area contributed by atoms with Gasteiger partial charge in [0.1, 0.15) is 16.7 Å². The van der Waals surface area contributed by atoms with Gasteiger partial charge in [0.2, 0.25) is 0 Å². The van der Waals surface area contributed by atoms with Crippen LogP contribution >= 0.6 is 0 Å². The average Bonchev–Trinajstić information content (AvgIpc) is 2.96. The van der Waals surface area contributed by atoms with Gasteiger partial charge in [-0.15, -0.1) is 0 Å². The quantitative estimate of drug-likeness (QED) is 0.600. The highest BCUT2D eigenvalue weighted by Gasteiger charge is 2.40. The number of phenols is 1. The zero-order valence-corrected chi connectivity index (χ0v) is 18.2. The van der Waals surface area contributed by atoms with Crippen LogP contribution in [-0.4, -0.2) is 56.6 Å². The lowest BCUT2D eigenvalue weighted by Gasteiger charge is -2.27. The summed E-state index contributed by atoms with van der Waals surface area (Å²) in [4.78, 5) is 12.5. The number of nitrogens with zero attached hydrogens (tertiary/aromatic N) is 1. The van der Waals surface area contributed by atoms with Gasteiger partial charge in [-0.3, -0.25) is 4.79 Å². The zero-order chi connectivity index (χ0) is 22.0. The summed E-state index contributed by atoms with van der Waals surface area (Å²) in [6.07, 6.45) is 3.00. The molecule has 2 N–H and O–H groups in total. The summed E-state index contributed by atoms with van der Waals surface area (Å²) in [7, 11) is -2.21. The number of amides is 1. The van der Waals surface area contributed by atoms with E-state index in [2.05, 4.69) is 5.32 Å². The summed E-state index contributed by atoms with van der Waals surface area (Å²) < 4.78 is 37.1. The summed E-state index contributed by atoms with van der Waals surface area (Å²) in [5.41, 5.74) is 1.27. The number of rotatable bonds is 8. The molecule has 166 valence electrons. The van der Waals surface area contributed by atoms with E-state index in [9.17, 15) is 18.3 Å². The Labute approximate surface area is 181 Å². The second-order valence-electron chi connectivity index (χ2n) is 7.70. The molecule has 8 nitrogen and oxygen atoms in total. The summed E-state index contributed by atoms with van der Waals surface area (Å²) in [5, 5.41) is 13.3. The van der Waals surface area contributed by atoms with Crippen molar-refractivity contribution in [2.24, 2.45) is 0 Å². The molecule has 31 heavy (non-hydrogen) atoms. The highest BCUT2D eigenvalue weighted by molar-refractivity contribution is 7.90. The fourth-order valence-electron chi connectivity index (χ4n) is 3.98. The molecule has 0 fully saturated rings. The second-order valence-corrected chi connectivity index (χ2v) is 9.53. The monoisotopic (exact) mass is 446 g/mol. The number of carbonyl (C=O) groups is 1. The number of methoxy groups -OCH3 is 1. The molecule has 0 aromatic heterocycles. The van der Waals surface area contributed by atoms with E-state index < -0.39 is 15.9 Å². The summed E-state index contributed by atoms with van der Waals surface area (Å²) in [6, 6.07) is 9.72. The van der Waals surface area contributed by atoms with Crippen molar-refractivity contribution in [2.75, 3.05) is 26.7 Å². The van der Waals surface area contributed by atoms with Crippen molar-refractivity contribution in [1.29, 1.82) is 0 Å². The molecule has 2 aliphatic heterocycles. The smallest absolute Gasteiger partial charge is 0.269 e. The van der Waals surface area contributed by atoms with Crippen LogP contribution in [0.2, 0.25) is 0 Å². The minimum absolute atomic E-state index is 0.00432. The third-order valence-corrected chi connectivity index (χ3v) is 7.48. The molecule has 2 aromatic rings. The van der Waals surface area contributed by atoms with Crippen LogP contribution in [-0.2, 0) is 16.4 Å². The third kappa shape index (κ3) is 4.20. The van der Waals surface area contributed by atoms with Gasteiger partial charge >= 0.3 is 0 Å². The number of ether oxygens (including phenoxy) is 2. The summed E-state index contributed by atoms with van der Waals surface area (Å²) in [6.45, 7) is 1.51. The first-order valence-electron chi connectivity index (χ1n) is 10.3. The SMILES string of the molecule is COc1cc2c(cc1O)OC(CNCCCCN1C(=O)c3ccccc3S1(=O)=O)CC2. The minimum Gasteiger partial charge on any atom is -0.504 e. The predicted molar refractivity (Wildman–Crippen MR) is 114 cm³/mol. The summed E-state index contributed by atoms with van der Waals surface area (Å²) in [5.74, 6) is 0.732. The number of carbonyl (C=O) groups excluding carboxylic acids is 1. The van der Waals surface area contributed by atoms with E-state index in [1.54, 1.807) is 30.3 Å². The maximum atomic E-state index is 12.5. The Kier molecular flexibility index (Phi) is 6.06. The van der Waals surface area contributed by atoms with Crippen LogP contribution in [0.5, 0.6) is 17.2 Å². The largest absolute Gasteiger partial charge is 0.504 e. The molecule has 2 aliphatic rings. The van der Waals surface area contributed by atoms with Gasteiger partial charge in [0.15, 0.2) is 11.5 Å². The molecule has 0 saturated heterocycles. The zero-order valence-electron chi connectivity index (χ0n) is 17.3. The van der Waals surface area contributed by atoms with Crippen molar-refractivity contribution in [1.82, 2.24) is 9.62 Å². The fraction of sp³-hybridized carbons (Fsp3) is 0.409. The first kappa shape index (κ1) is 21.5. The first-order chi connectivity index (χ1) is 14.9. The van der Waals surface area contributed by atoms with Crippen molar-refractivity contribution >= 4 is 15.9 Å². The van der Waals surface area contributed by atoms with Crippen LogP contribution in [0.15, 0.2) is 41.3 Å². The topological polar surface area (TPSA) is 105 Å². The predicted octanol–water partition coefficient (Wildman–Crippen LogP) is 2.31. The van der Waals surface area contributed by atoms with Crippen LogP contribution in [0.25, 0.3) is 0 Å². The fourth-order valence-corrected chi connectivity index (χ4v) is 5.59. The maximum Gasteiger partial charge on any atom is 0.269 e. The number of benzene rings is 2. The van der Waals surface area contributed by atoms with Gasteiger partial charge < -0.3 is 19.9 Å². The Balaban J connectivity index is 1.21. The number of aromatic hydroxyl groups is 1. The van der Waals surface area contributed by atoms with Crippen molar-refractivity contribution in [3.05, 3.63) is 47.5 Å². The highest BCUT2D eigenvalue weighted by atomic mass is 32.2. The maximum absolute atomic E-state index is 12.5. The third-order valence-electron chi connectivity index (χ3n) is 5.64. The molecule has 1 unspecified atom stereocenters. The van der Waals surface area contributed by atoms with Crippen LogP contribution in [0.4, 0.5) is 0 Å². The van der Waals surface area contributed by atoms with Gasteiger partial charge in [-0.05, 0) is 56.0 Å². The van der Waals surface area contributed by atoms with Gasteiger partial charge in [-0.25, -0.2) is 12.7 Å². The lowest BCUT2D eigenvalue weighted by Crippen LogP contribution is -2.35. The van der Waals surface area contributed by atoms with Gasteiger partial charge in [0.25, 0.3) is 15.9 Å². The Hall–Kier alpha value is -2.78. The molecule has 4 rings (SSSR count). The van der Waals surface area contributed by atoms with E-state index in [0.29, 0.717) is 31.0 Å². The number of phenolic OH excluding ortho intramolecular Hbond substituents is 1. The van der Waals surface area contributed by atoms with E-state index in [0.717, 1.165) is 29.1 Å². The van der Waals surface area contributed by atoms with Gasteiger partial charge in [-0.1, -0.05) is 12.1 Å². The van der Waals surface area contributed by atoms with Crippen molar-refractivity contribution in [2.45, 2.75) is 36.7 Å².